The summed E-state index contributed by atoms with van der Waals surface area (Å²) in [7, 11) is 0. The first-order valence-corrected chi connectivity index (χ1v) is 8.90. The van der Waals surface area contributed by atoms with Crippen molar-refractivity contribution in [2.45, 2.75) is 57.7 Å². The van der Waals surface area contributed by atoms with Gasteiger partial charge in [0.2, 0.25) is 17.8 Å². The first-order chi connectivity index (χ1) is 13.1. The number of amides is 2. The van der Waals surface area contributed by atoms with E-state index < -0.39 is 48.0 Å². The second-order valence-corrected chi connectivity index (χ2v) is 6.97. The molecule has 5 atom stereocenters. The summed E-state index contributed by atoms with van der Waals surface area (Å²) in [6, 6.07) is -1.66. The third-order valence-corrected chi connectivity index (χ3v) is 4.43. The quantitative estimate of drug-likeness (QED) is 0.337. The van der Waals surface area contributed by atoms with Crippen LogP contribution in [0.1, 0.15) is 33.4 Å². The average Bonchev–Trinajstić information content (AvgIpc) is 3.01. The van der Waals surface area contributed by atoms with Crippen molar-refractivity contribution in [1.82, 2.24) is 19.9 Å². The molecule has 28 heavy (non-hydrogen) atoms. The first-order valence-electron chi connectivity index (χ1n) is 8.90. The van der Waals surface area contributed by atoms with E-state index in [4.69, 9.17) is 15.6 Å². The van der Waals surface area contributed by atoms with Gasteiger partial charge >= 0.3 is 5.69 Å². The molecule has 12 heteroatoms. The number of rotatable bonds is 7. The van der Waals surface area contributed by atoms with Crippen LogP contribution in [0, 0.1) is 5.92 Å². The third kappa shape index (κ3) is 5.10. The maximum atomic E-state index is 12.2. The van der Waals surface area contributed by atoms with Crippen LogP contribution in [-0.4, -0.2) is 67.5 Å². The van der Waals surface area contributed by atoms with E-state index in [2.05, 4.69) is 20.6 Å². The molecule has 6 N–H and O–H groups in total. The van der Waals surface area contributed by atoms with E-state index in [9.17, 15) is 19.5 Å². The van der Waals surface area contributed by atoms with Crippen LogP contribution in [-0.2, 0) is 14.3 Å². The molecular formula is C16H26N6O6. The standard InChI is InChI=1S/C16H26N6O6/c1-7(2)12(17)14(26)19-8(3)13(25)20-15-18-6-22(16(27)21-15)11-4-9(24)10(5-23)28-11/h6-12,23-24H,4-5,17H2,1-3H3,(H,19,26)(H,20,21,25,27)/t8-,9-,10+,11+,12-/m0/s1. The molecule has 1 aliphatic rings. The molecular weight excluding hydrogens is 372 g/mol. The van der Waals surface area contributed by atoms with Crippen LogP contribution in [0.3, 0.4) is 0 Å². The van der Waals surface area contributed by atoms with Crippen molar-refractivity contribution in [3.63, 3.8) is 0 Å². The summed E-state index contributed by atoms with van der Waals surface area (Å²) in [6.45, 7) is 4.65. The van der Waals surface area contributed by atoms with Gasteiger partial charge in [-0.25, -0.2) is 9.78 Å². The highest BCUT2D eigenvalue weighted by atomic mass is 16.5. The first kappa shape index (κ1) is 21.9. The topological polar surface area (TPSA) is 182 Å². The van der Waals surface area contributed by atoms with Gasteiger partial charge < -0.3 is 26.0 Å². The summed E-state index contributed by atoms with van der Waals surface area (Å²) in [5.41, 5.74) is 4.98. The molecule has 12 nitrogen and oxygen atoms in total. The molecule has 0 radical (unpaired) electrons. The molecule has 1 fully saturated rings. The van der Waals surface area contributed by atoms with Gasteiger partial charge in [0.05, 0.1) is 18.8 Å². The predicted octanol–water partition coefficient (Wildman–Crippen LogP) is -2.29. The van der Waals surface area contributed by atoms with E-state index in [0.29, 0.717) is 0 Å². The Morgan fingerprint density at radius 2 is 2.07 bits per heavy atom. The second kappa shape index (κ2) is 9.19. The van der Waals surface area contributed by atoms with Gasteiger partial charge in [-0.1, -0.05) is 13.8 Å². The smallest absolute Gasteiger partial charge is 0.354 e. The Balaban J connectivity index is 1.99. The van der Waals surface area contributed by atoms with Crippen molar-refractivity contribution in [3.05, 3.63) is 16.8 Å². The zero-order chi connectivity index (χ0) is 21.0. The number of carbonyl (C=O) groups excluding carboxylic acids is 2. The summed E-state index contributed by atoms with van der Waals surface area (Å²) in [4.78, 5) is 43.8. The number of nitrogens with two attached hydrogens (primary N) is 1. The normalized spacial score (nSPS) is 24.0. The second-order valence-electron chi connectivity index (χ2n) is 6.97. The van der Waals surface area contributed by atoms with Crippen molar-refractivity contribution >= 4 is 17.8 Å². The van der Waals surface area contributed by atoms with Crippen LogP contribution >= 0.6 is 0 Å². The van der Waals surface area contributed by atoms with Crippen LogP contribution < -0.4 is 22.1 Å². The van der Waals surface area contributed by atoms with Crippen LogP contribution in [0.4, 0.5) is 5.95 Å². The van der Waals surface area contributed by atoms with Crippen LogP contribution in [0.5, 0.6) is 0 Å². The fraction of sp³-hybridized carbons (Fsp3) is 0.688. The lowest BCUT2D eigenvalue weighted by molar-refractivity contribution is -0.127. The highest BCUT2D eigenvalue weighted by Crippen LogP contribution is 2.26. The maximum Gasteiger partial charge on any atom is 0.354 e. The highest BCUT2D eigenvalue weighted by molar-refractivity contribution is 5.96. The van der Waals surface area contributed by atoms with Crippen LogP contribution in [0.15, 0.2) is 11.1 Å². The zero-order valence-electron chi connectivity index (χ0n) is 15.9. The van der Waals surface area contributed by atoms with E-state index in [0.717, 1.165) is 10.9 Å². The molecule has 0 unspecified atom stereocenters. The van der Waals surface area contributed by atoms with Crippen molar-refractivity contribution in [2.75, 3.05) is 11.9 Å². The summed E-state index contributed by atoms with van der Waals surface area (Å²) >= 11 is 0. The highest BCUT2D eigenvalue weighted by Gasteiger charge is 2.35. The number of ether oxygens (including phenoxy) is 1. The molecule has 1 saturated heterocycles. The lowest BCUT2D eigenvalue weighted by Gasteiger charge is -2.19. The summed E-state index contributed by atoms with van der Waals surface area (Å²) in [6.07, 6.45) is -1.31. The summed E-state index contributed by atoms with van der Waals surface area (Å²) < 4.78 is 6.43. The van der Waals surface area contributed by atoms with Gasteiger partial charge in [0.15, 0.2) is 0 Å². The SMILES string of the molecule is CC(C)[C@H](N)C(=O)N[C@@H](C)C(=O)Nc1ncn([C@H]2C[C@H](O)[C@@H](CO)O2)c(=O)n1. The van der Waals surface area contributed by atoms with E-state index in [-0.39, 0.29) is 24.9 Å². The van der Waals surface area contributed by atoms with Crippen molar-refractivity contribution in [1.29, 1.82) is 0 Å². The summed E-state index contributed by atoms with van der Waals surface area (Å²) in [5.74, 6) is -1.41. The zero-order valence-corrected chi connectivity index (χ0v) is 15.9. The van der Waals surface area contributed by atoms with Gasteiger partial charge in [-0.3, -0.25) is 19.5 Å². The van der Waals surface area contributed by atoms with Crippen molar-refractivity contribution in [3.8, 4) is 0 Å². The van der Waals surface area contributed by atoms with E-state index >= 15 is 0 Å². The van der Waals surface area contributed by atoms with Gasteiger partial charge in [-0.15, -0.1) is 0 Å². The monoisotopic (exact) mass is 398 g/mol. The molecule has 156 valence electrons. The number of aliphatic hydroxyl groups excluding tert-OH is 2. The Bertz CT molecular complexity index is 768. The molecule has 0 aromatic carbocycles. The Kier molecular flexibility index (Phi) is 7.18. The van der Waals surface area contributed by atoms with Crippen LogP contribution in [0.25, 0.3) is 0 Å². The minimum Gasteiger partial charge on any atom is -0.394 e. The minimum atomic E-state index is -0.915. The van der Waals surface area contributed by atoms with Crippen molar-refractivity contribution in [2.24, 2.45) is 11.7 Å². The molecule has 2 amide bonds. The lowest BCUT2D eigenvalue weighted by Crippen LogP contribution is -2.50. The van der Waals surface area contributed by atoms with Gasteiger partial charge in [-0.05, 0) is 12.8 Å². The molecule has 2 rings (SSSR count). The van der Waals surface area contributed by atoms with Gasteiger partial charge in [0, 0.05) is 6.42 Å². The number of anilines is 1. The molecule has 2 heterocycles. The van der Waals surface area contributed by atoms with Crippen LogP contribution in [0.2, 0.25) is 0 Å². The molecule has 1 aromatic heterocycles. The number of hydrogen-bond acceptors (Lipinski definition) is 9. The molecule has 0 saturated carbocycles. The fourth-order valence-corrected chi connectivity index (χ4v) is 2.55. The van der Waals surface area contributed by atoms with E-state index in [1.165, 1.54) is 6.92 Å². The lowest BCUT2D eigenvalue weighted by atomic mass is 10.0. The van der Waals surface area contributed by atoms with E-state index in [1.54, 1.807) is 13.8 Å². The molecule has 0 bridgehead atoms. The maximum absolute atomic E-state index is 12.2. The van der Waals surface area contributed by atoms with Gasteiger partial charge in [-0.2, -0.15) is 4.98 Å². The Labute approximate surface area is 161 Å². The van der Waals surface area contributed by atoms with Gasteiger partial charge in [0.25, 0.3) is 0 Å². The molecule has 1 aliphatic heterocycles. The number of aliphatic hydroxyl groups is 2. The number of carbonyl (C=O) groups is 2. The number of nitrogens with one attached hydrogen (secondary N) is 2. The molecule has 1 aromatic rings. The fourth-order valence-electron chi connectivity index (χ4n) is 2.55. The Morgan fingerprint density at radius 1 is 1.39 bits per heavy atom. The van der Waals surface area contributed by atoms with E-state index in [1.807, 2.05) is 0 Å². The minimum absolute atomic E-state index is 0.0899. The Morgan fingerprint density at radius 3 is 2.61 bits per heavy atom. The largest absolute Gasteiger partial charge is 0.394 e. The Hall–Kier alpha value is -2.41. The molecule has 0 aliphatic carbocycles. The number of hydrogen-bond donors (Lipinski definition) is 5. The van der Waals surface area contributed by atoms with Gasteiger partial charge in [0.1, 0.15) is 24.7 Å². The predicted molar refractivity (Wildman–Crippen MR) is 97.0 cm³/mol. The number of aromatic nitrogens is 3. The number of nitrogens with zero attached hydrogens (tertiary/aromatic N) is 3. The third-order valence-electron chi connectivity index (χ3n) is 4.43. The summed E-state index contributed by atoms with van der Waals surface area (Å²) in [5, 5.41) is 23.7. The average molecular weight is 398 g/mol. The van der Waals surface area contributed by atoms with Crippen molar-refractivity contribution < 1.29 is 24.5 Å². The molecule has 0 spiro atoms.